The second-order valence-electron chi connectivity index (χ2n) is 5.96. The molecule has 0 aromatic heterocycles. The quantitative estimate of drug-likeness (QED) is 0.745. The van der Waals surface area contributed by atoms with Crippen LogP contribution in [0.5, 0.6) is 0 Å². The molecule has 1 aromatic carbocycles. The predicted molar refractivity (Wildman–Crippen MR) is 77.2 cm³/mol. The van der Waals surface area contributed by atoms with Crippen molar-refractivity contribution >= 4 is 6.03 Å². The maximum Gasteiger partial charge on any atom is 0.315 e. The summed E-state index contributed by atoms with van der Waals surface area (Å²) in [5, 5.41) is 15.5. The Labute approximate surface area is 119 Å². The molecule has 4 heteroatoms. The normalized spacial score (nSPS) is 19.7. The lowest BCUT2D eigenvalue weighted by molar-refractivity contribution is 0.211. The van der Waals surface area contributed by atoms with Crippen LogP contribution in [0.25, 0.3) is 0 Å². The molecule has 3 N–H and O–H groups in total. The summed E-state index contributed by atoms with van der Waals surface area (Å²) in [4.78, 5) is 12.1. The van der Waals surface area contributed by atoms with Crippen LogP contribution in [0.1, 0.15) is 37.3 Å². The van der Waals surface area contributed by atoms with Crippen molar-refractivity contribution in [1.82, 2.24) is 10.6 Å². The van der Waals surface area contributed by atoms with Crippen molar-refractivity contribution in [3.8, 4) is 0 Å². The Kier molecular flexibility index (Phi) is 3.92. The van der Waals surface area contributed by atoms with E-state index in [0.717, 1.165) is 5.56 Å². The molecule has 2 aliphatic carbocycles. The van der Waals surface area contributed by atoms with Crippen LogP contribution >= 0.6 is 0 Å². The van der Waals surface area contributed by atoms with Crippen molar-refractivity contribution in [2.75, 3.05) is 6.61 Å². The highest BCUT2D eigenvalue weighted by Gasteiger charge is 2.42. The SMILES string of the molecule is O=C(NC(C1CC1)C1CC1)N[C@H](CO)c1ccccc1. The highest BCUT2D eigenvalue weighted by atomic mass is 16.3. The van der Waals surface area contributed by atoms with Crippen molar-refractivity contribution < 1.29 is 9.90 Å². The van der Waals surface area contributed by atoms with Gasteiger partial charge in [0.25, 0.3) is 0 Å². The van der Waals surface area contributed by atoms with Gasteiger partial charge in [0, 0.05) is 6.04 Å². The number of rotatable bonds is 6. The van der Waals surface area contributed by atoms with E-state index < -0.39 is 0 Å². The van der Waals surface area contributed by atoms with Gasteiger partial charge in [-0.1, -0.05) is 30.3 Å². The molecule has 3 rings (SSSR count). The number of urea groups is 1. The van der Waals surface area contributed by atoms with Gasteiger partial charge in [-0.05, 0) is 43.1 Å². The van der Waals surface area contributed by atoms with Crippen LogP contribution in [0.3, 0.4) is 0 Å². The van der Waals surface area contributed by atoms with E-state index in [1.54, 1.807) is 0 Å². The molecular formula is C16H22N2O2. The van der Waals surface area contributed by atoms with Gasteiger partial charge in [0.15, 0.2) is 0 Å². The maximum absolute atomic E-state index is 12.1. The molecule has 0 aliphatic heterocycles. The second kappa shape index (κ2) is 5.83. The van der Waals surface area contributed by atoms with Crippen LogP contribution in [0, 0.1) is 11.8 Å². The van der Waals surface area contributed by atoms with E-state index in [0.29, 0.717) is 17.9 Å². The van der Waals surface area contributed by atoms with Crippen LogP contribution in [-0.2, 0) is 0 Å². The summed E-state index contributed by atoms with van der Waals surface area (Å²) >= 11 is 0. The third-order valence-corrected chi connectivity index (χ3v) is 4.25. The molecule has 0 spiro atoms. The fraction of sp³-hybridized carbons (Fsp3) is 0.562. The Morgan fingerprint density at radius 2 is 1.70 bits per heavy atom. The zero-order chi connectivity index (χ0) is 13.9. The van der Waals surface area contributed by atoms with E-state index in [-0.39, 0.29) is 18.7 Å². The highest BCUT2D eigenvalue weighted by Crippen LogP contribution is 2.44. The van der Waals surface area contributed by atoms with Gasteiger partial charge in [0.05, 0.1) is 12.6 Å². The van der Waals surface area contributed by atoms with Gasteiger partial charge in [0.1, 0.15) is 0 Å². The Morgan fingerprint density at radius 1 is 1.10 bits per heavy atom. The first-order valence-electron chi connectivity index (χ1n) is 7.50. The Bertz CT molecular complexity index is 443. The lowest BCUT2D eigenvalue weighted by Gasteiger charge is -2.22. The molecular weight excluding hydrogens is 252 g/mol. The molecule has 0 heterocycles. The maximum atomic E-state index is 12.1. The van der Waals surface area contributed by atoms with Gasteiger partial charge in [-0.25, -0.2) is 4.79 Å². The summed E-state index contributed by atoms with van der Waals surface area (Å²) in [6.45, 7) is -0.0883. The van der Waals surface area contributed by atoms with Crippen molar-refractivity contribution in [3.05, 3.63) is 35.9 Å². The van der Waals surface area contributed by atoms with Gasteiger partial charge in [0.2, 0.25) is 0 Å². The third kappa shape index (κ3) is 3.31. The molecule has 0 saturated heterocycles. The van der Waals surface area contributed by atoms with Gasteiger partial charge in [-0.3, -0.25) is 0 Å². The van der Waals surface area contributed by atoms with E-state index in [9.17, 15) is 9.90 Å². The Morgan fingerprint density at radius 3 is 2.20 bits per heavy atom. The number of hydrogen-bond acceptors (Lipinski definition) is 2. The largest absolute Gasteiger partial charge is 0.394 e. The number of aliphatic hydroxyl groups is 1. The zero-order valence-electron chi connectivity index (χ0n) is 11.6. The van der Waals surface area contributed by atoms with Crippen LogP contribution in [0.2, 0.25) is 0 Å². The third-order valence-electron chi connectivity index (χ3n) is 4.25. The minimum absolute atomic E-state index is 0.0883. The first-order valence-corrected chi connectivity index (χ1v) is 7.50. The Balaban J connectivity index is 1.56. The molecule has 108 valence electrons. The molecule has 2 fully saturated rings. The van der Waals surface area contributed by atoms with E-state index in [1.165, 1.54) is 25.7 Å². The minimum Gasteiger partial charge on any atom is -0.394 e. The fourth-order valence-corrected chi connectivity index (χ4v) is 2.80. The van der Waals surface area contributed by atoms with E-state index in [4.69, 9.17) is 0 Å². The molecule has 4 nitrogen and oxygen atoms in total. The van der Waals surface area contributed by atoms with E-state index in [2.05, 4.69) is 10.6 Å². The van der Waals surface area contributed by atoms with E-state index in [1.807, 2.05) is 30.3 Å². The molecule has 0 bridgehead atoms. The first-order chi connectivity index (χ1) is 9.78. The number of benzene rings is 1. The molecule has 1 atom stereocenters. The predicted octanol–water partition coefficient (Wildman–Crippen LogP) is 2.21. The fourth-order valence-electron chi connectivity index (χ4n) is 2.80. The molecule has 0 radical (unpaired) electrons. The summed E-state index contributed by atoms with van der Waals surface area (Å²) in [7, 11) is 0. The standard InChI is InChI=1S/C16H22N2O2/c19-10-14(11-4-2-1-3-5-11)17-16(20)18-15(12-6-7-12)13-8-9-13/h1-5,12-15,19H,6-10H2,(H2,17,18,20)/t14-/m1/s1. The Hall–Kier alpha value is -1.55. The van der Waals surface area contributed by atoms with Crippen molar-refractivity contribution in [3.63, 3.8) is 0 Å². The summed E-state index contributed by atoms with van der Waals surface area (Å²) in [5.41, 5.74) is 0.930. The van der Waals surface area contributed by atoms with Gasteiger partial charge in [-0.15, -0.1) is 0 Å². The summed E-state index contributed by atoms with van der Waals surface area (Å²) in [6, 6.07) is 9.43. The molecule has 2 aliphatic rings. The second-order valence-corrected chi connectivity index (χ2v) is 5.96. The topological polar surface area (TPSA) is 61.4 Å². The molecule has 1 aromatic rings. The monoisotopic (exact) mass is 274 g/mol. The first kappa shape index (κ1) is 13.4. The molecule has 20 heavy (non-hydrogen) atoms. The van der Waals surface area contributed by atoms with Crippen LogP contribution in [0.15, 0.2) is 30.3 Å². The van der Waals surface area contributed by atoms with Crippen molar-refractivity contribution in [2.24, 2.45) is 11.8 Å². The van der Waals surface area contributed by atoms with Gasteiger partial charge < -0.3 is 15.7 Å². The number of amides is 2. The van der Waals surface area contributed by atoms with Crippen molar-refractivity contribution in [2.45, 2.75) is 37.8 Å². The van der Waals surface area contributed by atoms with Crippen LogP contribution < -0.4 is 10.6 Å². The molecule has 2 saturated carbocycles. The number of aliphatic hydroxyl groups excluding tert-OH is 1. The lowest BCUT2D eigenvalue weighted by atomic mass is 10.1. The van der Waals surface area contributed by atoms with Gasteiger partial charge >= 0.3 is 6.03 Å². The number of nitrogens with one attached hydrogen (secondary N) is 2. The van der Waals surface area contributed by atoms with Crippen LogP contribution in [0.4, 0.5) is 4.79 Å². The summed E-state index contributed by atoms with van der Waals surface area (Å²) in [6.07, 6.45) is 4.96. The minimum atomic E-state index is -0.338. The number of carbonyl (C=O) groups excluding carboxylic acids is 1. The van der Waals surface area contributed by atoms with Crippen molar-refractivity contribution in [1.29, 1.82) is 0 Å². The van der Waals surface area contributed by atoms with E-state index >= 15 is 0 Å². The average molecular weight is 274 g/mol. The van der Waals surface area contributed by atoms with Crippen LogP contribution in [-0.4, -0.2) is 23.8 Å². The lowest BCUT2D eigenvalue weighted by Crippen LogP contribution is -2.46. The summed E-state index contributed by atoms with van der Waals surface area (Å²) < 4.78 is 0. The molecule has 0 unspecified atom stereocenters. The molecule has 2 amide bonds. The smallest absolute Gasteiger partial charge is 0.315 e. The zero-order valence-corrected chi connectivity index (χ0v) is 11.6. The highest BCUT2D eigenvalue weighted by molar-refractivity contribution is 5.75. The number of carbonyl (C=O) groups is 1. The average Bonchev–Trinajstić information content (AvgIpc) is 3.36. The summed E-state index contributed by atoms with van der Waals surface area (Å²) in [5.74, 6) is 1.36. The number of hydrogen-bond donors (Lipinski definition) is 3. The van der Waals surface area contributed by atoms with Gasteiger partial charge in [-0.2, -0.15) is 0 Å².